The van der Waals surface area contributed by atoms with Crippen LogP contribution in [0.4, 0.5) is 0 Å². The van der Waals surface area contributed by atoms with Crippen LogP contribution in [0.25, 0.3) is 6.08 Å². The van der Waals surface area contributed by atoms with E-state index in [1.165, 1.54) is 59.1 Å². The van der Waals surface area contributed by atoms with Gasteiger partial charge in [-0.1, -0.05) is 117 Å². The highest BCUT2D eigenvalue weighted by Gasteiger charge is 2.21. The van der Waals surface area contributed by atoms with Gasteiger partial charge in [0.1, 0.15) is 0 Å². The molecule has 0 radical (unpaired) electrons. The molecule has 234 valence electrons. The summed E-state index contributed by atoms with van der Waals surface area (Å²) in [6.07, 6.45) is 12.8. The van der Waals surface area contributed by atoms with Gasteiger partial charge in [-0.15, -0.1) is 12.3 Å². The van der Waals surface area contributed by atoms with Crippen LogP contribution in [0.2, 0.25) is 0 Å². The van der Waals surface area contributed by atoms with Gasteiger partial charge in [-0.25, -0.2) is 10.4 Å². The molecule has 0 amide bonds. The molecule has 1 unspecified atom stereocenters. The highest BCUT2D eigenvalue weighted by molar-refractivity contribution is 5.55. The molecule has 0 aliphatic carbocycles. The van der Waals surface area contributed by atoms with E-state index < -0.39 is 0 Å². The smallest absolute Gasteiger partial charge is 0.0966 e. The summed E-state index contributed by atoms with van der Waals surface area (Å²) in [5.41, 5.74) is 11.7. The predicted octanol–water partition coefficient (Wildman–Crippen LogP) is 10.6. The molecule has 1 atom stereocenters. The molecule has 0 saturated carbocycles. The molecule has 0 aromatic heterocycles. The van der Waals surface area contributed by atoms with Crippen LogP contribution in [-0.2, 0) is 6.42 Å². The summed E-state index contributed by atoms with van der Waals surface area (Å²) < 4.78 is 0. The average molecular weight is 566 g/mol. The zero-order valence-electron chi connectivity index (χ0n) is 29.4. The van der Waals surface area contributed by atoms with Crippen LogP contribution in [0.1, 0.15) is 140 Å². The molecule has 41 heavy (non-hydrogen) atoms. The number of hydrazine groups is 1. The molecule has 0 bridgehead atoms. The Morgan fingerprint density at radius 3 is 1.83 bits per heavy atom. The first-order chi connectivity index (χ1) is 19.9. The van der Waals surface area contributed by atoms with Crippen molar-refractivity contribution in [3.05, 3.63) is 76.4 Å². The highest BCUT2D eigenvalue weighted by atomic mass is 15.6. The number of benzene rings is 2. The van der Waals surface area contributed by atoms with Gasteiger partial charge < -0.3 is 5.32 Å². The molecule has 3 heteroatoms. The Morgan fingerprint density at radius 1 is 0.951 bits per heavy atom. The van der Waals surface area contributed by atoms with Crippen LogP contribution < -0.4 is 10.7 Å². The molecule has 3 rings (SSSR count). The van der Waals surface area contributed by atoms with Crippen molar-refractivity contribution in [2.75, 3.05) is 20.1 Å². The summed E-state index contributed by atoms with van der Waals surface area (Å²) in [7, 11) is 2.01. The lowest BCUT2D eigenvalue weighted by atomic mass is 9.93. The summed E-state index contributed by atoms with van der Waals surface area (Å²) in [5.74, 6) is 3.01. The second kappa shape index (κ2) is 29.1. The Hall–Kier alpha value is -2.38. The van der Waals surface area contributed by atoms with E-state index in [2.05, 4.69) is 106 Å². The lowest BCUT2D eigenvalue weighted by Gasteiger charge is -2.36. The minimum Gasteiger partial charge on any atom is -0.300 e. The molecule has 0 spiro atoms. The van der Waals surface area contributed by atoms with E-state index in [9.17, 15) is 0 Å². The van der Waals surface area contributed by atoms with Gasteiger partial charge in [0.15, 0.2) is 0 Å². The summed E-state index contributed by atoms with van der Waals surface area (Å²) >= 11 is 0. The number of rotatable bonds is 10. The third-order valence-electron chi connectivity index (χ3n) is 6.57. The first-order valence-electron chi connectivity index (χ1n) is 16.3. The Balaban J connectivity index is -0.000000586. The average Bonchev–Trinajstić information content (AvgIpc) is 2.99. The van der Waals surface area contributed by atoms with Crippen LogP contribution in [0.5, 0.6) is 0 Å². The maximum absolute atomic E-state index is 4.60. The highest BCUT2D eigenvalue weighted by Crippen LogP contribution is 2.25. The van der Waals surface area contributed by atoms with Gasteiger partial charge in [0.05, 0.1) is 6.17 Å². The lowest BCUT2D eigenvalue weighted by Crippen LogP contribution is -2.51. The van der Waals surface area contributed by atoms with Crippen molar-refractivity contribution in [3.8, 4) is 12.3 Å². The first kappa shape index (κ1) is 43.1. The van der Waals surface area contributed by atoms with E-state index in [-0.39, 0.29) is 6.17 Å². The number of nitrogens with zero attached hydrogens (tertiary/aromatic N) is 1. The zero-order valence-corrected chi connectivity index (χ0v) is 29.4. The SMILES string of the molecule is C#CC.C=Cc1cc(C(NC)NN2CCC2)c(CCC)cc1C.CC.CC.CC.CCC(CC)c1ccc(C)cc1. The fourth-order valence-electron chi connectivity index (χ4n) is 4.29. The molecule has 1 aliphatic heterocycles. The zero-order chi connectivity index (χ0) is 32.2. The molecule has 1 fully saturated rings. The van der Waals surface area contributed by atoms with Crippen LogP contribution in [0, 0.1) is 26.2 Å². The number of hydrogen-bond donors (Lipinski definition) is 2. The van der Waals surface area contributed by atoms with E-state index in [4.69, 9.17) is 0 Å². The topological polar surface area (TPSA) is 27.3 Å². The molecule has 1 heterocycles. The number of aryl methyl sites for hydroxylation is 3. The van der Waals surface area contributed by atoms with Crippen LogP contribution in [0.15, 0.2) is 43.0 Å². The van der Waals surface area contributed by atoms with Crippen LogP contribution >= 0.6 is 0 Å². The van der Waals surface area contributed by atoms with Gasteiger partial charge in [0, 0.05) is 13.1 Å². The van der Waals surface area contributed by atoms with Crippen molar-refractivity contribution in [2.45, 2.75) is 127 Å². The van der Waals surface area contributed by atoms with Gasteiger partial charge in [-0.3, -0.25) is 0 Å². The van der Waals surface area contributed by atoms with E-state index in [1.807, 2.05) is 54.7 Å². The Morgan fingerprint density at radius 2 is 1.46 bits per heavy atom. The van der Waals surface area contributed by atoms with Crippen molar-refractivity contribution in [3.63, 3.8) is 0 Å². The standard InChI is InChI=1S/C17H27N3.C12H18.C3H4.3C2H6/c1-5-8-15-11-13(3)14(6-2)12-16(15)17(18-4)19-20-9-7-10-20;1-4-11(5-2)12-8-6-10(3)7-9-12;1-3-2;3*1-2/h6,11-12,17-19H,2,5,7-10H2,1,3-4H3;6-9,11H,4-5H2,1-3H3;1H,2H3;3*1-2H3. The second-order valence-corrected chi connectivity index (χ2v) is 9.27. The quantitative estimate of drug-likeness (QED) is 0.222. The molecular formula is C38H67N3. The predicted molar refractivity (Wildman–Crippen MR) is 189 cm³/mol. The van der Waals surface area contributed by atoms with Crippen molar-refractivity contribution in [2.24, 2.45) is 0 Å². The first-order valence-corrected chi connectivity index (χ1v) is 16.3. The third-order valence-corrected chi connectivity index (χ3v) is 6.57. The van der Waals surface area contributed by atoms with E-state index in [0.29, 0.717) is 0 Å². The van der Waals surface area contributed by atoms with Crippen molar-refractivity contribution < 1.29 is 0 Å². The summed E-state index contributed by atoms with van der Waals surface area (Å²) in [4.78, 5) is 0. The number of nitrogens with one attached hydrogen (secondary N) is 2. The summed E-state index contributed by atoms with van der Waals surface area (Å²) in [5, 5.41) is 5.68. The van der Waals surface area contributed by atoms with Crippen molar-refractivity contribution in [1.29, 1.82) is 0 Å². The molecule has 1 saturated heterocycles. The molecule has 2 aromatic rings. The summed E-state index contributed by atoms with van der Waals surface area (Å²) in [6, 6.07) is 13.5. The van der Waals surface area contributed by atoms with Crippen molar-refractivity contribution >= 4 is 6.08 Å². The van der Waals surface area contributed by atoms with E-state index in [1.54, 1.807) is 6.92 Å². The monoisotopic (exact) mass is 566 g/mol. The number of terminal acetylenes is 1. The molecule has 2 aromatic carbocycles. The fourth-order valence-corrected chi connectivity index (χ4v) is 4.29. The second-order valence-electron chi connectivity index (χ2n) is 9.27. The Kier molecular flexibility index (Phi) is 30.6. The molecular weight excluding hydrogens is 498 g/mol. The maximum Gasteiger partial charge on any atom is 0.0966 e. The van der Waals surface area contributed by atoms with E-state index in [0.717, 1.165) is 25.4 Å². The van der Waals surface area contributed by atoms with Gasteiger partial charge in [-0.2, -0.15) is 0 Å². The molecule has 2 N–H and O–H groups in total. The Labute approximate surface area is 257 Å². The normalized spacial score (nSPS) is 11.9. The van der Waals surface area contributed by atoms with Crippen LogP contribution in [0.3, 0.4) is 0 Å². The van der Waals surface area contributed by atoms with Gasteiger partial charge in [-0.05, 0) is 93.3 Å². The Bertz CT molecular complexity index is 900. The van der Waals surface area contributed by atoms with Gasteiger partial charge >= 0.3 is 0 Å². The third kappa shape index (κ3) is 17.2. The molecule has 1 aliphatic rings. The maximum atomic E-state index is 4.60. The minimum atomic E-state index is 0.177. The fraction of sp³-hybridized carbons (Fsp3) is 0.579. The summed E-state index contributed by atoms with van der Waals surface area (Å²) in [6.45, 7) is 30.9. The minimum absolute atomic E-state index is 0.177. The van der Waals surface area contributed by atoms with Crippen LogP contribution in [-0.4, -0.2) is 25.1 Å². The molecule has 3 nitrogen and oxygen atoms in total. The number of hydrogen-bond acceptors (Lipinski definition) is 3. The lowest BCUT2D eigenvalue weighted by molar-refractivity contribution is 0.0780. The van der Waals surface area contributed by atoms with E-state index >= 15 is 0 Å². The van der Waals surface area contributed by atoms with Gasteiger partial charge in [0.2, 0.25) is 0 Å². The van der Waals surface area contributed by atoms with Gasteiger partial charge in [0.25, 0.3) is 0 Å². The largest absolute Gasteiger partial charge is 0.300 e. The van der Waals surface area contributed by atoms with Crippen molar-refractivity contribution in [1.82, 2.24) is 15.8 Å².